The molecule has 1 fully saturated rings. The molecule has 33 heavy (non-hydrogen) atoms. The number of nitrogens with one attached hydrogen (secondary N) is 1. The maximum atomic E-state index is 12.9. The van der Waals surface area contributed by atoms with E-state index in [1.165, 1.54) is 6.07 Å². The number of fused-ring (bicyclic) bond motifs is 1. The second kappa shape index (κ2) is 8.79. The van der Waals surface area contributed by atoms with Gasteiger partial charge in [-0.1, -0.05) is 19.9 Å². The zero-order valence-corrected chi connectivity index (χ0v) is 19.9. The molecule has 9 heteroatoms. The van der Waals surface area contributed by atoms with Crippen molar-refractivity contribution in [1.29, 1.82) is 0 Å². The minimum absolute atomic E-state index is 0.00274. The minimum atomic E-state index is -3.91. The number of para-hydroxylation sites is 1. The van der Waals surface area contributed by atoms with Crippen molar-refractivity contribution >= 4 is 32.7 Å². The fraction of sp³-hybridized carbons (Fsp3) is 0.417. The van der Waals surface area contributed by atoms with Gasteiger partial charge in [-0.2, -0.15) is 0 Å². The van der Waals surface area contributed by atoms with Crippen molar-refractivity contribution < 1.29 is 22.7 Å². The van der Waals surface area contributed by atoms with E-state index in [2.05, 4.69) is 23.6 Å². The van der Waals surface area contributed by atoms with Gasteiger partial charge in [0.1, 0.15) is 10.4 Å². The Morgan fingerprint density at radius 1 is 1.18 bits per heavy atom. The average Bonchev–Trinajstić information content (AvgIpc) is 3.13. The zero-order chi connectivity index (χ0) is 23.8. The lowest BCUT2D eigenvalue weighted by Gasteiger charge is -2.39. The standard InChI is InChI=1S/C24H29N3O5S/c1-16(2)15-24(29)11-13-27(14-12-24)23(28)18-7-9-19(10-8-18)26-33(30,31)21-6-4-5-20-22(21)32-17(3)25-20/h4-10,16,26,29H,11-15H2,1-3H3. The molecule has 1 aliphatic heterocycles. The smallest absolute Gasteiger partial charge is 0.265 e. The molecule has 2 N–H and O–H groups in total. The van der Waals surface area contributed by atoms with Gasteiger partial charge < -0.3 is 14.4 Å². The Kier molecular flexibility index (Phi) is 6.20. The summed E-state index contributed by atoms with van der Waals surface area (Å²) in [7, 11) is -3.91. The molecule has 8 nitrogen and oxygen atoms in total. The van der Waals surface area contributed by atoms with Crippen molar-refractivity contribution in [2.24, 2.45) is 5.92 Å². The van der Waals surface area contributed by atoms with Crippen LogP contribution in [0, 0.1) is 12.8 Å². The molecule has 1 aromatic heterocycles. The number of anilines is 1. The summed E-state index contributed by atoms with van der Waals surface area (Å²) >= 11 is 0. The number of nitrogens with zero attached hydrogens (tertiary/aromatic N) is 2. The lowest BCUT2D eigenvalue weighted by molar-refractivity contribution is -0.0311. The number of hydrogen-bond donors (Lipinski definition) is 2. The number of aliphatic hydroxyl groups is 1. The Bertz CT molecular complexity index is 1260. The zero-order valence-electron chi connectivity index (χ0n) is 19.0. The Morgan fingerprint density at radius 3 is 2.48 bits per heavy atom. The largest absolute Gasteiger partial charge is 0.440 e. The third kappa shape index (κ3) is 5.04. The van der Waals surface area contributed by atoms with Crippen LogP contribution in [0.3, 0.4) is 0 Å². The van der Waals surface area contributed by atoms with Crippen molar-refractivity contribution in [1.82, 2.24) is 9.88 Å². The SMILES string of the molecule is Cc1nc2cccc(S(=O)(=O)Nc3ccc(C(=O)N4CCC(O)(CC(C)C)CC4)cc3)c2o1. The van der Waals surface area contributed by atoms with Gasteiger partial charge >= 0.3 is 0 Å². The number of amides is 1. The van der Waals surface area contributed by atoms with Gasteiger partial charge in [-0.3, -0.25) is 9.52 Å². The van der Waals surface area contributed by atoms with Crippen LogP contribution < -0.4 is 4.72 Å². The Balaban J connectivity index is 1.45. The molecule has 4 rings (SSSR count). The molecular formula is C24H29N3O5S. The molecule has 0 unspecified atom stereocenters. The number of piperidine rings is 1. The number of aryl methyl sites for hydroxylation is 1. The van der Waals surface area contributed by atoms with Crippen LogP contribution in [0.15, 0.2) is 51.8 Å². The molecule has 3 aromatic rings. The summed E-state index contributed by atoms with van der Waals surface area (Å²) in [6.45, 7) is 6.82. The number of likely N-dealkylation sites (tertiary alicyclic amines) is 1. The van der Waals surface area contributed by atoms with Crippen LogP contribution in [0.1, 0.15) is 49.4 Å². The van der Waals surface area contributed by atoms with Crippen LogP contribution in [0.25, 0.3) is 11.1 Å². The first-order chi connectivity index (χ1) is 15.6. The van der Waals surface area contributed by atoms with Gasteiger partial charge in [-0.25, -0.2) is 13.4 Å². The highest BCUT2D eigenvalue weighted by Gasteiger charge is 2.34. The molecule has 1 aliphatic rings. The number of benzene rings is 2. The van der Waals surface area contributed by atoms with Crippen molar-refractivity contribution in [3.05, 3.63) is 53.9 Å². The summed E-state index contributed by atoms with van der Waals surface area (Å²) in [6.07, 6.45) is 1.84. The fourth-order valence-corrected chi connectivity index (χ4v) is 5.61. The van der Waals surface area contributed by atoms with Crippen LogP contribution in [-0.4, -0.2) is 48.0 Å². The Morgan fingerprint density at radius 2 is 1.85 bits per heavy atom. The molecule has 0 bridgehead atoms. The third-order valence-electron chi connectivity index (χ3n) is 5.93. The molecule has 176 valence electrons. The number of aromatic nitrogens is 1. The van der Waals surface area contributed by atoms with Crippen LogP contribution in [0.5, 0.6) is 0 Å². The van der Waals surface area contributed by atoms with Crippen molar-refractivity contribution in [2.45, 2.75) is 50.5 Å². The molecular weight excluding hydrogens is 442 g/mol. The monoisotopic (exact) mass is 471 g/mol. The minimum Gasteiger partial charge on any atom is -0.440 e. The van der Waals surface area contributed by atoms with E-state index < -0.39 is 15.6 Å². The topological polar surface area (TPSA) is 113 Å². The first kappa shape index (κ1) is 23.3. The van der Waals surface area contributed by atoms with Gasteiger partial charge in [0, 0.05) is 31.3 Å². The second-order valence-corrected chi connectivity index (χ2v) is 10.8. The van der Waals surface area contributed by atoms with Crippen molar-refractivity contribution in [3.63, 3.8) is 0 Å². The molecule has 0 radical (unpaired) electrons. The van der Waals surface area contributed by atoms with E-state index in [0.717, 1.165) is 6.42 Å². The van der Waals surface area contributed by atoms with Crippen molar-refractivity contribution in [2.75, 3.05) is 17.8 Å². The van der Waals surface area contributed by atoms with Crippen LogP contribution in [-0.2, 0) is 10.0 Å². The number of sulfonamides is 1. The molecule has 2 heterocycles. The Hall–Kier alpha value is -2.91. The Labute approximate surface area is 193 Å². The van der Waals surface area contributed by atoms with E-state index in [1.807, 2.05) is 0 Å². The first-order valence-electron chi connectivity index (χ1n) is 11.1. The summed E-state index contributed by atoms with van der Waals surface area (Å²) in [5, 5.41) is 10.7. The van der Waals surface area contributed by atoms with Gasteiger partial charge in [0.05, 0.1) is 5.60 Å². The molecule has 0 aliphatic carbocycles. The molecule has 1 amide bonds. The average molecular weight is 472 g/mol. The quantitative estimate of drug-likeness (QED) is 0.563. The lowest BCUT2D eigenvalue weighted by atomic mass is 9.84. The molecule has 2 aromatic carbocycles. The normalized spacial score (nSPS) is 16.3. The van der Waals surface area contributed by atoms with E-state index in [1.54, 1.807) is 48.2 Å². The molecule has 0 saturated carbocycles. The van der Waals surface area contributed by atoms with Crippen LogP contribution in [0.2, 0.25) is 0 Å². The fourth-order valence-electron chi connectivity index (χ4n) is 4.41. The lowest BCUT2D eigenvalue weighted by Crippen LogP contribution is -2.47. The molecule has 1 saturated heterocycles. The summed E-state index contributed by atoms with van der Waals surface area (Å²) in [5.74, 6) is 0.655. The van der Waals surface area contributed by atoms with Gasteiger partial charge in [0.25, 0.3) is 15.9 Å². The maximum absolute atomic E-state index is 12.9. The highest BCUT2D eigenvalue weighted by molar-refractivity contribution is 7.93. The highest BCUT2D eigenvalue weighted by atomic mass is 32.2. The van der Waals surface area contributed by atoms with Gasteiger partial charge in [0.2, 0.25) is 0 Å². The van der Waals surface area contributed by atoms with E-state index in [9.17, 15) is 18.3 Å². The number of hydrogen-bond acceptors (Lipinski definition) is 6. The van der Waals surface area contributed by atoms with E-state index in [-0.39, 0.29) is 16.4 Å². The van der Waals surface area contributed by atoms with E-state index >= 15 is 0 Å². The summed E-state index contributed by atoms with van der Waals surface area (Å²) in [5.41, 5.74) is 0.776. The predicted molar refractivity (Wildman–Crippen MR) is 126 cm³/mol. The third-order valence-corrected chi connectivity index (χ3v) is 7.33. The maximum Gasteiger partial charge on any atom is 0.265 e. The summed E-state index contributed by atoms with van der Waals surface area (Å²) < 4.78 is 33.9. The van der Waals surface area contributed by atoms with Gasteiger partial charge in [-0.15, -0.1) is 0 Å². The summed E-state index contributed by atoms with van der Waals surface area (Å²) in [4.78, 5) is 18.8. The highest BCUT2D eigenvalue weighted by Crippen LogP contribution is 2.30. The van der Waals surface area contributed by atoms with E-state index in [0.29, 0.717) is 54.5 Å². The van der Waals surface area contributed by atoms with Gasteiger partial charge in [-0.05, 0) is 61.6 Å². The van der Waals surface area contributed by atoms with Crippen LogP contribution in [0.4, 0.5) is 5.69 Å². The summed E-state index contributed by atoms with van der Waals surface area (Å²) in [6, 6.07) is 11.1. The number of oxazole rings is 1. The molecule has 0 spiro atoms. The predicted octanol–water partition coefficient (Wildman–Crippen LogP) is 3.95. The van der Waals surface area contributed by atoms with Crippen molar-refractivity contribution in [3.8, 4) is 0 Å². The van der Waals surface area contributed by atoms with Gasteiger partial charge in [0.15, 0.2) is 11.5 Å². The second-order valence-electron chi connectivity index (χ2n) is 9.13. The number of carbonyl (C=O) groups excluding carboxylic acids is 1. The number of rotatable bonds is 6. The number of carbonyl (C=O) groups is 1. The first-order valence-corrected chi connectivity index (χ1v) is 12.6. The van der Waals surface area contributed by atoms with E-state index in [4.69, 9.17) is 4.42 Å². The van der Waals surface area contributed by atoms with Crippen LogP contribution >= 0.6 is 0 Å². The molecule has 0 atom stereocenters.